The third kappa shape index (κ3) is 8.01. The van der Waals surface area contributed by atoms with Crippen LogP contribution in [0.5, 0.6) is 0 Å². The maximum atomic E-state index is 14.0. The molecular weight excluding hydrogens is 626 g/mol. The number of carbonyl (C=O) groups excluding carboxylic acids is 2. The third-order valence-corrected chi connectivity index (χ3v) is 9.59. The number of benzene rings is 3. The molecule has 0 bridgehead atoms. The van der Waals surface area contributed by atoms with Crippen LogP contribution in [0.1, 0.15) is 43.7 Å². The molecule has 1 saturated carbocycles. The number of hydrogen-bond donors (Lipinski definition) is 1. The van der Waals surface area contributed by atoms with Gasteiger partial charge in [-0.3, -0.25) is 13.9 Å². The molecule has 230 valence electrons. The van der Waals surface area contributed by atoms with Gasteiger partial charge in [-0.15, -0.1) is 0 Å². The van der Waals surface area contributed by atoms with Gasteiger partial charge in [-0.25, -0.2) is 8.42 Å². The number of nitrogens with one attached hydrogen (secondary N) is 1. The van der Waals surface area contributed by atoms with Gasteiger partial charge in [0.05, 0.1) is 21.2 Å². The Kier molecular flexibility index (Phi) is 10.3. The predicted octanol–water partition coefficient (Wildman–Crippen LogP) is 6.68. The fourth-order valence-corrected chi connectivity index (χ4v) is 6.85. The summed E-state index contributed by atoms with van der Waals surface area (Å²) in [5, 5.41) is 3.02. The lowest BCUT2D eigenvalue weighted by molar-refractivity contribution is -0.139. The highest BCUT2D eigenvalue weighted by atomic mass is 35.5. The Hall–Kier alpha value is -3.28. The summed E-state index contributed by atoms with van der Waals surface area (Å²) in [6.45, 7) is 0.466. The minimum atomic E-state index is -4.81. The zero-order valence-corrected chi connectivity index (χ0v) is 25.5. The molecule has 0 saturated heterocycles. The second kappa shape index (κ2) is 13.6. The van der Waals surface area contributed by atoms with Crippen LogP contribution in [0, 0.1) is 0 Å². The molecule has 7 nitrogen and oxygen atoms in total. The largest absolute Gasteiger partial charge is 0.416 e. The van der Waals surface area contributed by atoms with E-state index in [1.807, 2.05) is 0 Å². The summed E-state index contributed by atoms with van der Waals surface area (Å²) in [5.74, 6) is -1.26. The molecule has 0 heterocycles. The first kappa shape index (κ1) is 32.6. The van der Waals surface area contributed by atoms with Crippen LogP contribution < -0.4 is 9.62 Å². The topological polar surface area (TPSA) is 86.8 Å². The van der Waals surface area contributed by atoms with Crippen molar-refractivity contribution in [2.75, 3.05) is 10.8 Å². The standard InChI is InChI=1S/C30H30Cl2F3N3O4S/c1-20(29(40)36-24-10-5-6-11-24)37(18-21-8-7-9-23(31)16-21)28(39)19-38(43(41,42)25-12-3-2-4-13-25)27-17-22(30(33,34)35)14-15-26(27)32/h2-4,7-9,12-17,20,24H,5-6,10-11,18-19H2,1H3,(H,36,40)/t20-/m1/s1. The lowest BCUT2D eigenvalue weighted by Crippen LogP contribution is -2.52. The highest BCUT2D eigenvalue weighted by molar-refractivity contribution is 7.92. The van der Waals surface area contributed by atoms with Crippen molar-refractivity contribution in [3.05, 3.63) is 94.0 Å². The van der Waals surface area contributed by atoms with Crippen LogP contribution in [0.15, 0.2) is 77.7 Å². The number of hydrogen-bond acceptors (Lipinski definition) is 4. The number of nitrogens with zero attached hydrogens (tertiary/aromatic N) is 2. The number of sulfonamides is 1. The Morgan fingerprint density at radius 3 is 2.28 bits per heavy atom. The smallest absolute Gasteiger partial charge is 0.352 e. The van der Waals surface area contributed by atoms with Crippen molar-refractivity contribution in [3.8, 4) is 0 Å². The summed E-state index contributed by atoms with van der Waals surface area (Å²) < 4.78 is 69.3. The van der Waals surface area contributed by atoms with Gasteiger partial charge in [0.25, 0.3) is 10.0 Å². The van der Waals surface area contributed by atoms with Crippen LogP contribution in [0.4, 0.5) is 18.9 Å². The van der Waals surface area contributed by atoms with Gasteiger partial charge in [-0.2, -0.15) is 13.2 Å². The average Bonchev–Trinajstić information content (AvgIpc) is 3.47. The number of halogens is 5. The number of amides is 2. The third-order valence-electron chi connectivity index (χ3n) is 7.26. The molecule has 0 unspecified atom stereocenters. The first-order chi connectivity index (χ1) is 20.3. The SMILES string of the molecule is C[C@H](C(=O)NC1CCCC1)N(Cc1cccc(Cl)c1)C(=O)CN(c1cc(C(F)(F)F)ccc1Cl)S(=O)(=O)c1ccccc1. The van der Waals surface area contributed by atoms with Gasteiger partial charge in [-0.1, -0.05) is 66.4 Å². The summed E-state index contributed by atoms with van der Waals surface area (Å²) in [7, 11) is -4.60. The van der Waals surface area contributed by atoms with E-state index in [0.29, 0.717) is 21.0 Å². The fourth-order valence-electron chi connectivity index (χ4n) is 4.92. The van der Waals surface area contributed by atoms with E-state index in [0.717, 1.165) is 37.8 Å². The Balaban J connectivity index is 1.76. The molecule has 0 radical (unpaired) electrons. The van der Waals surface area contributed by atoms with Crippen LogP contribution in [-0.4, -0.2) is 43.8 Å². The average molecular weight is 657 g/mol. The van der Waals surface area contributed by atoms with Crippen LogP contribution in [0.2, 0.25) is 10.0 Å². The van der Waals surface area contributed by atoms with Crippen molar-refractivity contribution in [3.63, 3.8) is 0 Å². The molecule has 0 spiro atoms. The lowest BCUT2D eigenvalue weighted by Gasteiger charge is -2.33. The quantitative estimate of drug-likeness (QED) is 0.264. The molecule has 3 aromatic carbocycles. The van der Waals surface area contributed by atoms with Crippen molar-refractivity contribution in [2.24, 2.45) is 0 Å². The maximum Gasteiger partial charge on any atom is 0.416 e. The number of rotatable bonds is 10. The Bertz CT molecular complexity index is 1570. The second-order valence-corrected chi connectivity index (χ2v) is 13.0. The van der Waals surface area contributed by atoms with Crippen LogP contribution in [-0.2, 0) is 32.3 Å². The zero-order chi connectivity index (χ0) is 31.4. The molecule has 0 aliphatic heterocycles. The van der Waals surface area contributed by atoms with Gasteiger partial charge in [-0.05, 0) is 67.8 Å². The van der Waals surface area contributed by atoms with Crippen molar-refractivity contribution in [2.45, 2.75) is 62.3 Å². The van der Waals surface area contributed by atoms with E-state index >= 15 is 0 Å². The summed E-state index contributed by atoms with van der Waals surface area (Å²) >= 11 is 12.4. The van der Waals surface area contributed by atoms with E-state index in [-0.39, 0.29) is 22.5 Å². The molecule has 1 N–H and O–H groups in total. The summed E-state index contributed by atoms with van der Waals surface area (Å²) in [6.07, 6.45) is -1.27. The molecule has 3 aromatic rings. The van der Waals surface area contributed by atoms with Gasteiger partial charge >= 0.3 is 6.18 Å². The van der Waals surface area contributed by atoms with Crippen molar-refractivity contribution >= 4 is 50.7 Å². The Labute approximate surface area is 258 Å². The summed E-state index contributed by atoms with van der Waals surface area (Å²) in [5.41, 5.74) is -1.11. The zero-order valence-electron chi connectivity index (χ0n) is 23.2. The second-order valence-electron chi connectivity index (χ2n) is 10.3. The van der Waals surface area contributed by atoms with E-state index in [9.17, 15) is 31.2 Å². The molecular formula is C30H30Cl2F3N3O4S. The predicted molar refractivity (Wildman–Crippen MR) is 159 cm³/mol. The van der Waals surface area contributed by atoms with Gasteiger partial charge in [0.15, 0.2) is 0 Å². The number of carbonyl (C=O) groups is 2. The van der Waals surface area contributed by atoms with Crippen molar-refractivity contribution in [1.29, 1.82) is 0 Å². The van der Waals surface area contributed by atoms with E-state index in [1.54, 1.807) is 30.3 Å². The molecule has 43 heavy (non-hydrogen) atoms. The maximum absolute atomic E-state index is 14.0. The van der Waals surface area contributed by atoms with Gasteiger partial charge in [0.2, 0.25) is 11.8 Å². The molecule has 1 aliphatic carbocycles. The molecule has 13 heteroatoms. The monoisotopic (exact) mass is 655 g/mol. The summed E-state index contributed by atoms with van der Waals surface area (Å²) in [4.78, 5) is 28.2. The molecule has 0 aromatic heterocycles. The van der Waals surface area contributed by atoms with Crippen molar-refractivity contribution in [1.82, 2.24) is 10.2 Å². The number of anilines is 1. The van der Waals surface area contributed by atoms with E-state index in [2.05, 4.69) is 5.32 Å². The Morgan fingerprint density at radius 2 is 1.65 bits per heavy atom. The highest BCUT2D eigenvalue weighted by Gasteiger charge is 2.36. The normalized spacial score (nSPS) is 14.7. The Morgan fingerprint density at radius 1 is 0.977 bits per heavy atom. The molecule has 1 atom stereocenters. The fraction of sp³-hybridized carbons (Fsp3) is 0.333. The lowest BCUT2D eigenvalue weighted by atomic mass is 10.1. The van der Waals surface area contributed by atoms with Gasteiger partial charge in [0, 0.05) is 17.6 Å². The molecule has 1 fully saturated rings. The van der Waals surface area contributed by atoms with Crippen LogP contribution >= 0.6 is 23.2 Å². The first-order valence-corrected chi connectivity index (χ1v) is 15.8. The minimum absolute atomic E-state index is 0.0445. The van der Waals surface area contributed by atoms with Crippen LogP contribution in [0.3, 0.4) is 0 Å². The van der Waals surface area contributed by atoms with E-state index < -0.39 is 51.9 Å². The summed E-state index contributed by atoms with van der Waals surface area (Å²) in [6, 6.07) is 14.7. The van der Waals surface area contributed by atoms with Crippen LogP contribution in [0.25, 0.3) is 0 Å². The van der Waals surface area contributed by atoms with E-state index in [1.165, 1.54) is 36.1 Å². The van der Waals surface area contributed by atoms with Gasteiger partial charge < -0.3 is 10.2 Å². The van der Waals surface area contributed by atoms with E-state index in [4.69, 9.17) is 23.2 Å². The molecule has 2 amide bonds. The number of alkyl halides is 3. The minimum Gasteiger partial charge on any atom is -0.352 e. The van der Waals surface area contributed by atoms with Gasteiger partial charge in [0.1, 0.15) is 12.6 Å². The van der Waals surface area contributed by atoms with Crippen molar-refractivity contribution < 1.29 is 31.2 Å². The first-order valence-electron chi connectivity index (χ1n) is 13.6. The molecule has 1 aliphatic rings. The molecule has 4 rings (SSSR count). The highest BCUT2D eigenvalue weighted by Crippen LogP contribution is 2.37.